The maximum atomic E-state index is 11.9. The Hall–Kier alpha value is -1.81. The second-order valence-electron chi connectivity index (χ2n) is 5.11. The van der Waals surface area contributed by atoms with Crippen LogP contribution in [0.2, 0.25) is 0 Å². The molecule has 116 valence electrons. The van der Waals surface area contributed by atoms with Gasteiger partial charge in [-0.2, -0.15) is 0 Å². The van der Waals surface area contributed by atoms with Gasteiger partial charge in [0.25, 0.3) is 0 Å². The monoisotopic (exact) mass is 361 g/mol. The minimum Gasteiger partial charge on any atom is -0.445 e. The van der Waals surface area contributed by atoms with Crippen molar-refractivity contribution in [1.29, 1.82) is 0 Å². The van der Waals surface area contributed by atoms with Crippen molar-refractivity contribution >= 4 is 22.0 Å². The average Bonchev–Trinajstić information content (AvgIpc) is 2.55. The van der Waals surface area contributed by atoms with Crippen molar-refractivity contribution in [3.63, 3.8) is 0 Å². The second-order valence-corrected chi connectivity index (χ2v) is 5.96. The van der Waals surface area contributed by atoms with Gasteiger partial charge in [0.1, 0.15) is 6.61 Å². The fraction of sp³-hybridized carbons (Fsp3) is 0.278. The Kier molecular flexibility index (Phi) is 6.46. The van der Waals surface area contributed by atoms with Gasteiger partial charge < -0.3 is 10.1 Å². The lowest BCUT2D eigenvalue weighted by atomic mass is 10.0. The molecule has 0 fully saturated rings. The number of carbonyl (C=O) groups is 1. The third-order valence-corrected chi connectivity index (χ3v) is 4.23. The second kappa shape index (κ2) is 8.59. The van der Waals surface area contributed by atoms with Gasteiger partial charge in [-0.25, -0.2) is 4.79 Å². The molecule has 0 spiro atoms. The van der Waals surface area contributed by atoms with Gasteiger partial charge in [0.2, 0.25) is 0 Å². The Morgan fingerprint density at radius 1 is 1.14 bits per heavy atom. The SMILES string of the molecule is CCC(Cc1ccccc1Br)NC(=O)OCc1ccccc1. The first-order valence-corrected chi connectivity index (χ1v) is 8.19. The molecule has 22 heavy (non-hydrogen) atoms. The average molecular weight is 362 g/mol. The zero-order valence-corrected chi connectivity index (χ0v) is 14.2. The molecule has 1 atom stereocenters. The summed E-state index contributed by atoms with van der Waals surface area (Å²) in [7, 11) is 0. The van der Waals surface area contributed by atoms with E-state index in [1.807, 2.05) is 48.5 Å². The fourth-order valence-electron chi connectivity index (χ4n) is 2.16. The molecular weight excluding hydrogens is 342 g/mol. The molecule has 0 aromatic heterocycles. The lowest BCUT2D eigenvalue weighted by Crippen LogP contribution is -2.36. The van der Waals surface area contributed by atoms with E-state index in [9.17, 15) is 4.79 Å². The highest BCUT2D eigenvalue weighted by molar-refractivity contribution is 9.10. The van der Waals surface area contributed by atoms with Crippen LogP contribution >= 0.6 is 15.9 Å². The van der Waals surface area contributed by atoms with Gasteiger partial charge >= 0.3 is 6.09 Å². The Balaban J connectivity index is 1.84. The third kappa shape index (κ3) is 5.19. The van der Waals surface area contributed by atoms with Gasteiger partial charge in [0.05, 0.1) is 0 Å². The van der Waals surface area contributed by atoms with Crippen molar-refractivity contribution in [2.24, 2.45) is 0 Å². The lowest BCUT2D eigenvalue weighted by molar-refractivity contribution is 0.135. The van der Waals surface area contributed by atoms with E-state index in [1.54, 1.807) is 0 Å². The fourth-order valence-corrected chi connectivity index (χ4v) is 2.60. The van der Waals surface area contributed by atoms with E-state index in [2.05, 4.69) is 34.2 Å². The number of rotatable bonds is 6. The number of amides is 1. The van der Waals surface area contributed by atoms with Gasteiger partial charge in [0.15, 0.2) is 0 Å². The first kappa shape index (κ1) is 16.6. The summed E-state index contributed by atoms with van der Waals surface area (Å²) < 4.78 is 6.33. The molecule has 3 nitrogen and oxygen atoms in total. The molecule has 4 heteroatoms. The zero-order valence-electron chi connectivity index (χ0n) is 12.6. The first-order chi connectivity index (χ1) is 10.7. The summed E-state index contributed by atoms with van der Waals surface area (Å²) in [6.07, 6.45) is 1.25. The van der Waals surface area contributed by atoms with Crippen LogP contribution in [-0.4, -0.2) is 12.1 Å². The Morgan fingerprint density at radius 3 is 2.50 bits per heavy atom. The molecule has 0 aliphatic heterocycles. The highest BCUT2D eigenvalue weighted by Crippen LogP contribution is 2.18. The number of halogens is 1. The summed E-state index contributed by atoms with van der Waals surface area (Å²) >= 11 is 3.54. The van der Waals surface area contributed by atoms with Crippen LogP contribution in [0.1, 0.15) is 24.5 Å². The van der Waals surface area contributed by atoms with Crippen LogP contribution < -0.4 is 5.32 Å². The van der Waals surface area contributed by atoms with Crippen LogP contribution in [0.5, 0.6) is 0 Å². The van der Waals surface area contributed by atoms with Crippen molar-refractivity contribution in [2.45, 2.75) is 32.4 Å². The molecule has 1 amide bonds. The summed E-state index contributed by atoms with van der Waals surface area (Å²) in [5.41, 5.74) is 2.16. The summed E-state index contributed by atoms with van der Waals surface area (Å²) in [5.74, 6) is 0. The van der Waals surface area contributed by atoms with E-state index in [0.717, 1.165) is 22.9 Å². The largest absolute Gasteiger partial charge is 0.445 e. The molecule has 0 aliphatic carbocycles. The number of nitrogens with one attached hydrogen (secondary N) is 1. The maximum absolute atomic E-state index is 11.9. The van der Waals surface area contributed by atoms with Crippen molar-refractivity contribution in [2.75, 3.05) is 0 Å². The molecule has 1 unspecified atom stereocenters. The molecule has 0 bridgehead atoms. The Bertz CT molecular complexity index is 601. The van der Waals surface area contributed by atoms with Crippen LogP contribution in [0.25, 0.3) is 0 Å². The number of hydrogen-bond donors (Lipinski definition) is 1. The van der Waals surface area contributed by atoms with Gasteiger partial charge in [-0.1, -0.05) is 71.4 Å². The van der Waals surface area contributed by atoms with E-state index in [0.29, 0.717) is 0 Å². The standard InChI is InChI=1S/C18H20BrNO2/c1-2-16(12-15-10-6-7-11-17(15)19)20-18(21)22-13-14-8-4-3-5-9-14/h3-11,16H,2,12-13H2,1H3,(H,20,21). The molecule has 2 aromatic carbocycles. The van der Waals surface area contributed by atoms with E-state index in [1.165, 1.54) is 5.56 Å². The summed E-state index contributed by atoms with van der Waals surface area (Å²) in [6.45, 7) is 2.34. The Morgan fingerprint density at radius 2 is 1.82 bits per heavy atom. The van der Waals surface area contributed by atoms with Crippen molar-refractivity contribution in [3.05, 3.63) is 70.2 Å². The zero-order chi connectivity index (χ0) is 15.8. The molecule has 0 aliphatic rings. The number of hydrogen-bond acceptors (Lipinski definition) is 2. The van der Waals surface area contributed by atoms with E-state index in [4.69, 9.17) is 4.74 Å². The van der Waals surface area contributed by atoms with Crippen LogP contribution in [0, 0.1) is 0 Å². The van der Waals surface area contributed by atoms with Crippen LogP contribution in [-0.2, 0) is 17.8 Å². The van der Waals surface area contributed by atoms with Crippen LogP contribution in [0.3, 0.4) is 0 Å². The molecule has 2 aromatic rings. The van der Waals surface area contributed by atoms with Crippen molar-refractivity contribution in [3.8, 4) is 0 Å². The molecule has 0 heterocycles. The van der Waals surface area contributed by atoms with E-state index >= 15 is 0 Å². The maximum Gasteiger partial charge on any atom is 0.407 e. The first-order valence-electron chi connectivity index (χ1n) is 7.39. The molecule has 2 rings (SSSR count). The van der Waals surface area contributed by atoms with Gasteiger partial charge in [-0.05, 0) is 30.0 Å². The van der Waals surface area contributed by atoms with Crippen LogP contribution in [0.4, 0.5) is 4.79 Å². The van der Waals surface area contributed by atoms with E-state index < -0.39 is 0 Å². The molecule has 1 N–H and O–H groups in total. The Labute approximate surface area is 139 Å². The van der Waals surface area contributed by atoms with Gasteiger partial charge in [-0.15, -0.1) is 0 Å². The van der Waals surface area contributed by atoms with Gasteiger partial charge in [-0.3, -0.25) is 0 Å². The highest BCUT2D eigenvalue weighted by atomic mass is 79.9. The number of benzene rings is 2. The topological polar surface area (TPSA) is 38.3 Å². The normalized spacial score (nSPS) is 11.7. The van der Waals surface area contributed by atoms with Crippen molar-refractivity contribution < 1.29 is 9.53 Å². The molecular formula is C18H20BrNO2. The van der Waals surface area contributed by atoms with E-state index in [-0.39, 0.29) is 18.7 Å². The summed E-state index contributed by atoms with van der Waals surface area (Å²) in [6, 6.07) is 17.8. The number of ether oxygens (including phenoxy) is 1. The minimum absolute atomic E-state index is 0.0574. The predicted molar refractivity (Wildman–Crippen MR) is 91.7 cm³/mol. The molecule has 0 saturated heterocycles. The summed E-state index contributed by atoms with van der Waals surface area (Å²) in [4.78, 5) is 11.9. The smallest absolute Gasteiger partial charge is 0.407 e. The van der Waals surface area contributed by atoms with Crippen LogP contribution in [0.15, 0.2) is 59.1 Å². The third-order valence-electron chi connectivity index (χ3n) is 3.45. The summed E-state index contributed by atoms with van der Waals surface area (Å²) in [5, 5.41) is 2.93. The molecule has 0 saturated carbocycles. The lowest BCUT2D eigenvalue weighted by Gasteiger charge is -2.17. The number of carbonyl (C=O) groups excluding carboxylic acids is 1. The number of alkyl carbamates (subject to hydrolysis) is 1. The van der Waals surface area contributed by atoms with Gasteiger partial charge in [0, 0.05) is 10.5 Å². The highest BCUT2D eigenvalue weighted by Gasteiger charge is 2.13. The van der Waals surface area contributed by atoms with Crippen molar-refractivity contribution in [1.82, 2.24) is 5.32 Å². The minimum atomic E-state index is -0.372. The molecule has 0 radical (unpaired) electrons. The predicted octanol–water partition coefficient (Wildman–Crippen LogP) is 4.70. The quantitative estimate of drug-likeness (QED) is 0.809.